The lowest BCUT2D eigenvalue weighted by Crippen LogP contribution is -2.17. The lowest BCUT2D eigenvalue weighted by Gasteiger charge is -2.19. The van der Waals surface area contributed by atoms with Crippen molar-refractivity contribution in [2.75, 3.05) is 4.90 Å². The summed E-state index contributed by atoms with van der Waals surface area (Å²) in [6.07, 6.45) is 1.55. The van der Waals surface area contributed by atoms with Crippen LogP contribution in [0.15, 0.2) is 35.0 Å². The molecule has 0 bridgehead atoms. The van der Waals surface area contributed by atoms with Crippen molar-refractivity contribution in [1.82, 2.24) is 9.97 Å². The van der Waals surface area contributed by atoms with E-state index in [1.54, 1.807) is 27.1 Å². The zero-order valence-electron chi connectivity index (χ0n) is 16.4. The van der Waals surface area contributed by atoms with Crippen LogP contribution >= 0.6 is 11.8 Å². The zero-order valence-corrected chi connectivity index (χ0v) is 17.2. The Hall–Kier alpha value is -2.51. The summed E-state index contributed by atoms with van der Waals surface area (Å²) in [7, 11) is 0. The number of hydrogen-bond acceptors (Lipinski definition) is 7. The van der Waals surface area contributed by atoms with Crippen molar-refractivity contribution < 1.29 is 5.11 Å². The average Bonchev–Trinajstić information content (AvgIpc) is 3.19. The van der Waals surface area contributed by atoms with E-state index in [-0.39, 0.29) is 0 Å². The molecular formula is C21H23N5OS. The summed E-state index contributed by atoms with van der Waals surface area (Å²) in [5.41, 5.74) is 5.15. The summed E-state index contributed by atoms with van der Waals surface area (Å²) >= 11 is 1.37. The van der Waals surface area contributed by atoms with Crippen LogP contribution in [0.4, 0.5) is 5.82 Å². The molecule has 3 N–H and O–H groups in total. The molecule has 6 nitrogen and oxygen atoms in total. The van der Waals surface area contributed by atoms with Crippen LogP contribution in [-0.2, 0) is 18.7 Å². The van der Waals surface area contributed by atoms with Gasteiger partial charge in [-0.1, -0.05) is 30.0 Å². The molecule has 0 amide bonds. The third-order valence-corrected chi connectivity index (χ3v) is 6.31. The van der Waals surface area contributed by atoms with Crippen molar-refractivity contribution in [2.24, 2.45) is 0 Å². The highest BCUT2D eigenvalue weighted by molar-refractivity contribution is 8.15. The predicted molar refractivity (Wildman–Crippen MR) is 113 cm³/mol. The Morgan fingerprint density at radius 3 is 2.57 bits per heavy atom. The number of nitrogens with one attached hydrogen (secondary N) is 2. The molecule has 2 aromatic rings. The maximum Gasteiger partial charge on any atom is 0.147 e. The van der Waals surface area contributed by atoms with Crippen LogP contribution in [0.3, 0.4) is 0 Å². The lowest BCUT2D eigenvalue weighted by atomic mass is 9.95. The molecule has 0 aliphatic carbocycles. The van der Waals surface area contributed by atoms with E-state index in [0.29, 0.717) is 17.3 Å². The van der Waals surface area contributed by atoms with Crippen LogP contribution in [0.2, 0.25) is 0 Å². The van der Waals surface area contributed by atoms with E-state index in [0.717, 1.165) is 39.7 Å². The highest BCUT2D eigenvalue weighted by atomic mass is 32.2. The van der Waals surface area contributed by atoms with Gasteiger partial charge in [0.2, 0.25) is 0 Å². The van der Waals surface area contributed by atoms with Crippen LogP contribution in [0.25, 0.3) is 5.57 Å². The van der Waals surface area contributed by atoms with Gasteiger partial charge in [0, 0.05) is 24.4 Å². The van der Waals surface area contributed by atoms with E-state index in [4.69, 9.17) is 10.8 Å². The van der Waals surface area contributed by atoms with Crippen LogP contribution in [-0.4, -0.2) is 25.8 Å². The summed E-state index contributed by atoms with van der Waals surface area (Å²) in [5, 5.41) is 27.1. The van der Waals surface area contributed by atoms with Crippen LogP contribution in [0.1, 0.15) is 50.1 Å². The standard InChI is InChI=1S/C21H23N5OS/c1-11(12(2)22)16-17-18(28-19(16)23)20(25-10-24-17)26-8-13-5-6-15(21(3,4)27)7-14(13)9-26/h5-7,10,22-23,27H,8-9H2,1-4H3/b16-11-,22-12?,23-19?. The topological polar surface area (TPSA) is 97.0 Å². The smallest absolute Gasteiger partial charge is 0.147 e. The summed E-state index contributed by atoms with van der Waals surface area (Å²) < 4.78 is 0. The van der Waals surface area contributed by atoms with Crippen molar-refractivity contribution in [2.45, 2.75) is 51.3 Å². The number of thioether (sulfide) groups is 1. The Labute approximate surface area is 168 Å². The molecule has 0 saturated carbocycles. The fourth-order valence-electron chi connectivity index (χ4n) is 3.58. The lowest BCUT2D eigenvalue weighted by molar-refractivity contribution is 0.0785. The number of anilines is 1. The van der Waals surface area contributed by atoms with Crippen molar-refractivity contribution in [1.29, 1.82) is 10.8 Å². The minimum Gasteiger partial charge on any atom is -0.386 e. The van der Waals surface area contributed by atoms with E-state index in [1.807, 2.05) is 13.0 Å². The minimum atomic E-state index is -0.870. The molecule has 4 rings (SSSR count). The van der Waals surface area contributed by atoms with Gasteiger partial charge in [0.25, 0.3) is 0 Å². The highest BCUT2D eigenvalue weighted by Gasteiger charge is 2.33. The number of aliphatic hydroxyl groups is 1. The quantitative estimate of drug-likeness (QED) is 0.682. The molecule has 0 saturated heterocycles. The summed E-state index contributed by atoms with van der Waals surface area (Å²) in [4.78, 5) is 12.0. The highest BCUT2D eigenvalue weighted by Crippen LogP contribution is 2.46. The Kier molecular flexibility index (Phi) is 4.39. The molecule has 2 aliphatic heterocycles. The number of benzene rings is 1. The zero-order chi connectivity index (χ0) is 20.2. The normalized spacial score (nSPS) is 17.6. The first kappa shape index (κ1) is 18.8. The second-order valence-corrected chi connectivity index (χ2v) is 8.85. The number of fused-ring (bicyclic) bond motifs is 2. The molecule has 0 radical (unpaired) electrons. The van der Waals surface area contributed by atoms with Gasteiger partial charge in [0.1, 0.15) is 17.2 Å². The Balaban J connectivity index is 1.73. The van der Waals surface area contributed by atoms with E-state index in [2.05, 4.69) is 27.0 Å². The van der Waals surface area contributed by atoms with Gasteiger partial charge in [-0.05, 0) is 50.0 Å². The monoisotopic (exact) mass is 393 g/mol. The van der Waals surface area contributed by atoms with Gasteiger partial charge in [0.15, 0.2) is 0 Å². The molecule has 3 heterocycles. The fraction of sp³-hybridized carbons (Fsp3) is 0.333. The third kappa shape index (κ3) is 3.04. The molecule has 1 aromatic heterocycles. The average molecular weight is 394 g/mol. The predicted octanol–water partition coefficient (Wildman–Crippen LogP) is 4.12. The molecular weight excluding hydrogens is 370 g/mol. The van der Waals surface area contributed by atoms with Crippen LogP contribution in [0, 0.1) is 10.8 Å². The van der Waals surface area contributed by atoms with Crippen molar-refractivity contribution in [3.63, 3.8) is 0 Å². The maximum absolute atomic E-state index is 10.3. The van der Waals surface area contributed by atoms with Gasteiger partial charge < -0.3 is 15.4 Å². The summed E-state index contributed by atoms with van der Waals surface area (Å²) in [5.74, 6) is 0.825. The Bertz CT molecular complexity index is 1050. The molecule has 0 atom stereocenters. The van der Waals surface area contributed by atoms with Gasteiger partial charge in [0.05, 0.1) is 16.2 Å². The first-order valence-corrected chi connectivity index (χ1v) is 9.96. The van der Waals surface area contributed by atoms with Gasteiger partial charge in [-0.2, -0.15) is 0 Å². The number of rotatable bonds is 3. The summed E-state index contributed by atoms with van der Waals surface area (Å²) in [6.45, 7) is 8.63. The van der Waals surface area contributed by atoms with Gasteiger partial charge in [-0.15, -0.1) is 0 Å². The second-order valence-electron chi connectivity index (χ2n) is 7.83. The van der Waals surface area contributed by atoms with E-state index < -0.39 is 5.60 Å². The van der Waals surface area contributed by atoms with Crippen LogP contribution < -0.4 is 4.90 Å². The molecule has 2 aliphatic rings. The Morgan fingerprint density at radius 1 is 1.18 bits per heavy atom. The SMILES string of the molecule is CC(=N)/C(C)=C1\C(=N)Sc2c1ncnc2N1Cc2ccc(C(C)(C)O)cc2C1. The van der Waals surface area contributed by atoms with E-state index in [1.165, 1.54) is 22.9 Å². The Morgan fingerprint density at radius 2 is 1.89 bits per heavy atom. The second kappa shape index (κ2) is 6.53. The van der Waals surface area contributed by atoms with E-state index in [9.17, 15) is 5.11 Å². The molecule has 28 heavy (non-hydrogen) atoms. The van der Waals surface area contributed by atoms with Crippen LogP contribution in [0.5, 0.6) is 0 Å². The number of aromatic nitrogens is 2. The van der Waals surface area contributed by atoms with Crippen molar-refractivity contribution in [3.8, 4) is 0 Å². The fourth-order valence-corrected chi connectivity index (χ4v) is 4.66. The molecule has 0 unspecified atom stereocenters. The molecule has 1 aromatic carbocycles. The molecule has 144 valence electrons. The molecule has 0 spiro atoms. The maximum atomic E-state index is 10.3. The van der Waals surface area contributed by atoms with Gasteiger partial charge in [-0.25, -0.2) is 9.97 Å². The number of hydrogen-bond donors (Lipinski definition) is 3. The molecule has 7 heteroatoms. The van der Waals surface area contributed by atoms with E-state index >= 15 is 0 Å². The van der Waals surface area contributed by atoms with Crippen molar-refractivity contribution in [3.05, 3.63) is 52.5 Å². The largest absolute Gasteiger partial charge is 0.386 e. The minimum absolute atomic E-state index is 0.418. The number of nitrogens with zero attached hydrogens (tertiary/aromatic N) is 3. The third-order valence-electron chi connectivity index (χ3n) is 5.33. The summed E-state index contributed by atoms with van der Waals surface area (Å²) in [6, 6.07) is 6.13. The number of allylic oxidation sites excluding steroid dienone is 1. The first-order valence-electron chi connectivity index (χ1n) is 9.15. The van der Waals surface area contributed by atoms with Gasteiger partial charge in [-0.3, -0.25) is 5.41 Å². The first-order chi connectivity index (χ1) is 13.2. The van der Waals surface area contributed by atoms with Gasteiger partial charge >= 0.3 is 0 Å². The van der Waals surface area contributed by atoms with Crippen molar-refractivity contribution >= 4 is 33.9 Å². The molecule has 0 fully saturated rings.